The van der Waals surface area contributed by atoms with E-state index < -0.39 is 106 Å². The van der Waals surface area contributed by atoms with Crippen LogP contribution in [0.1, 0.15) is 33.2 Å². The van der Waals surface area contributed by atoms with Crippen molar-refractivity contribution in [2.45, 2.75) is 76.7 Å². The molecule has 52 heavy (non-hydrogen) atoms. The zero-order chi connectivity index (χ0) is 37.3. The number of hydrogen-bond acceptors (Lipinski definition) is 16. The molecule has 4 aromatic heterocycles. The normalized spacial score (nSPS) is 34.4. The molecule has 7 heterocycles. The lowest BCUT2D eigenvalue weighted by Gasteiger charge is -2.27. The fourth-order valence-electron chi connectivity index (χ4n) is 5.68. The first-order valence-corrected chi connectivity index (χ1v) is 19.5. The van der Waals surface area contributed by atoms with Gasteiger partial charge in [0.2, 0.25) is 0 Å². The number of alkyl halides is 2. The minimum atomic E-state index is -5.19. The predicted octanol–water partition coefficient (Wildman–Crippen LogP) is 1.70. The molecule has 0 spiro atoms. The number of phosphoric acid groups is 1. The lowest BCUT2D eigenvalue weighted by atomic mass is 9.98. The zero-order valence-electron chi connectivity index (χ0n) is 27.1. The van der Waals surface area contributed by atoms with Crippen LogP contribution >= 0.6 is 26.9 Å². The van der Waals surface area contributed by atoms with Gasteiger partial charge < -0.3 is 24.1 Å². The Morgan fingerprint density at radius 3 is 2.15 bits per heavy atom. The van der Waals surface area contributed by atoms with Gasteiger partial charge in [-0.05, 0) is 20.8 Å². The van der Waals surface area contributed by atoms with Crippen molar-refractivity contribution in [3.05, 3.63) is 46.0 Å². The molecule has 21 nitrogen and oxygen atoms in total. The van der Waals surface area contributed by atoms with Gasteiger partial charge in [0.1, 0.15) is 30.7 Å². The van der Waals surface area contributed by atoms with Gasteiger partial charge in [-0.15, -0.1) is 0 Å². The van der Waals surface area contributed by atoms with Crippen LogP contribution in [0.25, 0.3) is 22.3 Å². The van der Waals surface area contributed by atoms with Crippen LogP contribution in [0.15, 0.2) is 34.9 Å². The summed E-state index contributed by atoms with van der Waals surface area (Å²) in [4.78, 5) is 66.4. The smallest absolute Gasteiger partial charge is 0.443 e. The van der Waals surface area contributed by atoms with E-state index >= 15 is 8.78 Å². The van der Waals surface area contributed by atoms with E-state index in [1.165, 1.54) is 0 Å². The van der Waals surface area contributed by atoms with Crippen molar-refractivity contribution >= 4 is 55.2 Å². The molecule has 3 aliphatic heterocycles. The maximum Gasteiger partial charge on any atom is 0.472 e. The quantitative estimate of drug-likeness (QED) is 0.151. The molecule has 6 unspecified atom stereocenters. The number of aromatic amines is 1. The van der Waals surface area contributed by atoms with Crippen molar-refractivity contribution in [1.29, 1.82) is 0 Å². The second kappa shape index (κ2) is 13.4. The van der Waals surface area contributed by atoms with Crippen molar-refractivity contribution in [2.75, 3.05) is 13.2 Å². The van der Waals surface area contributed by atoms with E-state index in [-0.39, 0.29) is 22.3 Å². The molecular formula is C26H30F2N8O13P2S. The molecule has 0 bridgehead atoms. The summed E-state index contributed by atoms with van der Waals surface area (Å²) in [6.07, 6.45) is -10.4. The van der Waals surface area contributed by atoms with Crippen molar-refractivity contribution in [3.63, 3.8) is 0 Å². The van der Waals surface area contributed by atoms with Crippen molar-refractivity contribution in [3.8, 4) is 0 Å². The number of imidazole rings is 2. The van der Waals surface area contributed by atoms with Crippen LogP contribution < -0.4 is 11.1 Å². The first-order valence-electron chi connectivity index (χ1n) is 15.3. The van der Waals surface area contributed by atoms with Gasteiger partial charge in [0.15, 0.2) is 53.9 Å². The van der Waals surface area contributed by atoms with E-state index in [9.17, 15) is 28.4 Å². The molecule has 0 saturated carbocycles. The molecule has 3 aliphatic rings. The second-order valence-corrected chi connectivity index (χ2v) is 17.2. The first kappa shape index (κ1) is 36.9. The average Bonchev–Trinajstić information content (AvgIpc) is 3.83. The molecule has 0 aromatic carbocycles. The van der Waals surface area contributed by atoms with Crippen LogP contribution in [0, 0.1) is 5.41 Å². The van der Waals surface area contributed by atoms with E-state index in [0.29, 0.717) is 0 Å². The van der Waals surface area contributed by atoms with Gasteiger partial charge in [-0.2, -0.15) is 0 Å². The van der Waals surface area contributed by atoms with E-state index in [2.05, 4.69) is 37.2 Å². The molecule has 7 rings (SSSR count). The molecule has 26 heteroatoms. The van der Waals surface area contributed by atoms with Gasteiger partial charge in [0, 0.05) is 0 Å². The molecule has 282 valence electrons. The number of carbonyl (C=O) groups excluding carboxylic acids is 1. The highest BCUT2D eigenvalue weighted by Gasteiger charge is 2.54. The Morgan fingerprint density at radius 2 is 1.52 bits per heavy atom. The Morgan fingerprint density at radius 1 is 0.942 bits per heavy atom. The van der Waals surface area contributed by atoms with Crippen LogP contribution in [0.3, 0.4) is 0 Å². The summed E-state index contributed by atoms with van der Waals surface area (Å²) in [6, 6.07) is 0. The van der Waals surface area contributed by atoms with Crippen LogP contribution in [0.2, 0.25) is 0 Å². The first-order chi connectivity index (χ1) is 24.4. The number of ether oxygens (including phenoxy) is 3. The summed E-state index contributed by atoms with van der Waals surface area (Å²) >= 11 is 3.95. The van der Waals surface area contributed by atoms with Gasteiger partial charge in [-0.1, -0.05) is 12.2 Å². The fourth-order valence-corrected chi connectivity index (χ4v) is 8.12. The average molecular weight is 795 g/mol. The molecule has 0 amide bonds. The summed E-state index contributed by atoms with van der Waals surface area (Å²) in [5.74, 6) is -0.577. The van der Waals surface area contributed by atoms with E-state index in [1.54, 1.807) is 20.8 Å². The highest BCUT2D eigenvalue weighted by Crippen LogP contribution is 2.58. The summed E-state index contributed by atoms with van der Waals surface area (Å²) in [6.45, 7) is -1.86. The van der Waals surface area contributed by atoms with Crippen LogP contribution in [0.4, 0.5) is 8.78 Å². The maximum atomic E-state index is 16.2. The number of halogens is 2. The van der Waals surface area contributed by atoms with Crippen molar-refractivity contribution in [1.82, 2.24) is 38.6 Å². The summed E-state index contributed by atoms with van der Waals surface area (Å²) < 4.78 is 99.5. The Bertz CT molecular complexity index is 2250. The number of esters is 1. The molecule has 0 radical (unpaired) electrons. The number of fused-ring (bicyclic) bond motifs is 4. The highest BCUT2D eigenvalue weighted by molar-refractivity contribution is 8.44. The molecular weight excluding hydrogens is 764 g/mol. The van der Waals surface area contributed by atoms with Crippen LogP contribution in [0.5, 0.6) is 0 Å². The Kier molecular flexibility index (Phi) is 9.54. The number of H-pyrrole nitrogens is 1. The fraction of sp³-hybridized carbons (Fsp3) is 0.577. The Hall–Kier alpha value is -3.44. The number of carbonyl (C=O) groups is 1. The predicted molar refractivity (Wildman–Crippen MR) is 171 cm³/mol. The summed E-state index contributed by atoms with van der Waals surface area (Å²) in [7, 11) is -5.19. The summed E-state index contributed by atoms with van der Waals surface area (Å²) in [5, 5.41) is 0. The lowest BCUT2D eigenvalue weighted by Crippen LogP contribution is -2.37. The third kappa shape index (κ3) is 6.88. The highest BCUT2D eigenvalue weighted by atomic mass is 32.7. The third-order valence-electron chi connectivity index (χ3n) is 8.26. The number of nitrogens with one attached hydrogen (secondary N) is 1. The molecule has 4 aromatic rings. The van der Waals surface area contributed by atoms with Crippen LogP contribution in [-0.4, -0.2) is 99.5 Å². The number of hydrogen-bond donors (Lipinski definition) is 3. The van der Waals surface area contributed by atoms with E-state index in [4.69, 9.17) is 32.3 Å². The van der Waals surface area contributed by atoms with E-state index in [1.807, 2.05) is 0 Å². The van der Waals surface area contributed by atoms with Gasteiger partial charge in [-0.3, -0.25) is 46.2 Å². The molecule has 0 aliphatic carbocycles. The minimum absolute atomic E-state index is 0.0806. The van der Waals surface area contributed by atoms with Gasteiger partial charge >= 0.3 is 20.6 Å². The zero-order valence-corrected chi connectivity index (χ0v) is 29.8. The maximum absolute atomic E-state index is 16.2. The number of aromatic nitrogens is 8. The van der Waals surface area contributed by atoms with Gasteiger partial charge in [-0.25, -0.2) is 37.8 Å². The van der Waals surface area contributed by atoms with Crippen molar-refractivity contribution < 1.29 is 59.9 Å². The van der Waals surface area contributed by atoms with Crippen LogP contribution in [-0.2, 0) is 53.0 Å². The van der Waals surface area contributed by atoms with Crippen molar-refractivity contribution in [2.24, 2.45) is 5.41 Å². The number of rotatable bonds is 4. The SMILES string of the molecule is CC(C)(C)C(=O)OCn1cnc2c(ncn2C2OC3COP(=O)(O)O[C@@H]4C(COP(=O)(S)O[C@H]3[C@H]2F)OC(n2cnc3c(=O)[nH]cnc32)[C@@H]4F)c1=O. The molecule has 10 atom stereocenters. The Labute approximate surface area is 294 Å². The lowest BCUT2D eigenvalue weighted by molar-refractivity contribution is -0.157. The monoisotopic (exact) mass is 794 g/mol. The number of nitrogens with zero attached hydrogens (tertiary/aromatic N) is 7. The van der Waals surface area contributed by atoms with E-state index in [0.717, 1.165) is 39.0 Å². The largest absolute Gasteiger partial charge is 0.472 e. The number of phosphoric ester groups is 1. The Balaban J connectivity index is 1.12. The third-order valence-corrected chi connectivity index (χ3v) is 10.9. The molecule has 2 N–H and O–H groups in total. The standard InChI is InChI=1S/C26H30F2N8O13P2S/c1-26(2,3)25(39)43-10-34-7-33-20-16(22(34)38)32-9-36(20)24-14(28)18-11(46-24)4-44-50(40,41)48-17-12(5-45-51(42,52)49-18)47-23(13(17)27)35-8-31-15-19(35)29-6-30-21(15)37/h6-9,11-14,17-18,23-24H,4-5,10H2,1-3H3,(H,40,41)(H,42,52)(H,29,30,37)/t11?,12?,13-,14-,17-,18-,23?,24?,51?/m1/s1. The second-order valence-electron chi connectivity index (χ2n) is 12.9. The van der Waals surface area contributed by atoms with Gasteiger partial charge in [0.05, 0.1) is 37.6 Å². The number of thiol groups is 1. The molecule has 3 saturated heterocycles. The summed E-state index contributed by atoms with van der Waals surface area (Å²) in [5.41, 5.74) is -2.82. The molecule has 3 fully saturated rings. The topological polar surface area (TPSA) is 252 Å². The minimum Gasteiger partial charge on any atom is -0.443 e. The van der Waals surface area contributed by atoms with Gasteiger partial charge in [0.25, 0.3) is 11.1 Å².